The summed E-state index contributed by atoms with van der Waals surface area (Å²) in [6, 6.07) is 5.98. The summed E-state index contributed by atoms with van der Waals surface area (Å²) >= 11 is 5.41. The highest BCUT2D eigenvalue weighted by Gasteiger charge is 2.76. The molecule has 0 saturated carbocycles. The van der Waals surface area contributed by atoms with Gasteiger partial charge in [0.15, 0.2) is 0 Å². The van der Waals surface area contributed by atoms with Crippen LogP contribution in [0.3, 0.4) is 0 Å². The Morgan fingerprint density at radius 3 is 2.55 bits per heavy atom. The molecule has 3 aliphatic heterocycles. The topological polar surface area (TPSA) is 108 Å². The zero-order chi connectivity index (χ0) is 27.6. The van der Waals surface area contributed by atoms with Gasteiger partial charge in [0.05, 0.1) is 35.8 Å². The largest absolute Gasteiger partial charge is 0.494 e. The summed E-state index contributed by atoms with van der Waals surface area (Å²) in [5, 5.41) is 16.4. The number of anilines is 1. The summed E-state index contributed by atoms with van der Waals surface area (Å²) in [7, 11) is 0. The van der Waals surface area contributed by atoms with Gasteiger partial charge >= 0.3 is 0 Å². The van der Waals surface area contributed by atoms with Crippen molar-refractivity contribution in [2.75, 3.05) is 25.1 Å². The van der Waals surface area contributed by atoms with Gasteiger partial charge in [-0.3, -0.25) is 14.4 Å². The molecular formula is C28H40BrN3O5S. The van der Waals surface area contributed by atoms with E-state index < -0.39 is 28.7 Å². The second kappa shape index (κ2) is 12.2. The molecule has 0 radical (unpaired) electrons. The Hall–Kier alpha value is -1.78. The number of hydrogen-bond acceptors (Lipinski definition) is 6. The fourth-order valence-electron chi connectivity index (χ4n) is 6.35. The predicted molar refractivity (Wildman–Crippen MR) is 154 cm³/mol. The predicted octanol–water partition coefficient (Wildman–Crippen LogP) is 3.81. The number of unbranched alkanes of at least 4 members (excludes halogenated alkanes) is 1. The molecule has 2 bridgehead atoms. The highest BCUT2D eigenvalue weighted by atomic mass is 79.9. The van der Waals surface area contributed by atoms with Gasteiger partial charge in [0.1, 0.15) is 11.8 Å². The number of alkyl halides is 1. The lowest BCUT2D eigenvalue weighted by Crippen LogP contribution is -2.58. The van der Waals surface area contributed by atoms with Crippen LogP contribution < -0.4 is 15.4 Å². The second-order valence-corrected chi connectivity index (χ2v) is 13.4. The van der Waals surface area contributed by atoms with Crippen molar-refractivity contribution in [3.05, 3.63) is 24.3 Å². The van der Waals surface area contributed by atoms with Crippen LogP contribution in [0.5, 0.6) is 5.75 Å². The number of hydrogen-bond donors (Lipinski definition) is 3. The summed E-state index contributed by atoms with van der Waals surface area (Å²) in [5.41, 5.74) is 0.635. The molecule has 3 heterocycles. The van der Waals surface area contributed by atoms with E-state index in [0.717, 1.165) is 25.0 Å². The quantitative estimate of drug-likeness (QED) is 0.246. The van der Waals surface area contributed by atoms with Gasteiger partial charge in [-0.2, -0.15) is 0 Å². The molecule has 10 heteroatoms. The maximum absolute atomic E-state index is 14.2. The molecule has 3 aliphatic rings. The number of benzene rings is 1. The van der Waals surface area contributed by atoms with Crippen molar-refractivity contribution in [1.82, 2.24) is 10.2 Å². The van der Waals surface area contributed by atoms with Crippen LogP contribution in [0.4, 0.5) is 5.69 Å². The molecule has 210 valence electrons. The number of amides is 3. The Balaban J connectivity index is 1.68. The van der Waals surface area contributed by atoms with E-state index in [1.165, 1.54) is 0 Å². The van der Waals surface area contributed by atoms with Crippen molar-refractivity contribution < 1.29 is 24.2 Å². The second-order valence-electron chi connectivity index (χ2n) is 10.6. The van der Waals surface area contributed by atoms with E-state index in [4.69, 9.17) is 4.74 Å². The van der Waals surface area contributed by atoms with Crippen molar-refractivity contribution >= 4 is 51.1 Å². The van der Waals surface area contributed by atoms with Crippen LogP contribution >= 0.6 is 27.7 Å². The number of aliphatic hydroxyl groups is 1. The Labute approximate surface area is 238 Å². The Morgan fingerprint density at radius 1 is 1.24 bits per heavy atom. The lowest BCUT2D eigenvalue weighted by molar-refractivity contribution is -0.143. The molecule has 1 aromatic rings. The lowest BCUT2D eigenvalue weighted by Gasteiger charge is -2.39. The minimum atomic E-state index is -0.735. The average Bonchev–Trinajstić information content (AvgIpc) is 3.49. The third kappa shape index (κ3) is 5.08. The lowest BCUT2D eigenvalue weighted by atomic mass is 9.70. The smallest absolute Gasteiger partial charge is 0.244 e. The molecule has 0 aromatic heterocycles. The third-order valence-corrected chi connectivity index (χ3v) is 11.6. The third-order valence-electron chi connectivity index (χ3n) is 8.39. The number of aliphatic hydroxyl groups excluding tert-OH is 1. The van der Waals surface area contributed by atoms with E-state index in [1.54, 1.807) is 40.9 Å². The van der Waals surface area contributed by atoms with Gasteiger partial charge in [0.25, 0.3) is 0 Å². The number of ether oxygens (including phenoxy) is 1. The first-order chi connectivity index (χ1) is 18.2. The minimum Gasteiger partial charge on any atom is -0.494 e. The number of likely N-dealkylation sites (tertiary alicyclic amines) is 1. The minimum absolute atomic E-state index is 0.00298. The Morgan fingerprint density at radius 2 is 1.95 bits per heavy atom. The van der Waals surface area contributed by atoms with E-state index in [0.29, 0.717) is 25.3 Å². The summed E-state index contributed by atoms with van der Waals surface area (Å²) in [4.78, 5) is 43.4. The highest BCUT2D eigenvalue weighted by molar-refractivity contribution is 9.09. The molecule has 4 rings (SSSR count). The van der Waals surface area contributed by atoms with Crippen LogP contribution in [0.25, 0.3) is 0 Å². The first-order valence-corrected chi connectivity index (χ1v) is 15.6. The van der Waals surface area contributed by atoms with Gasteiger partial charge < -0.3 is 25.4 Å². The normalized spacial score (nSPS) is 31.2. The summed E-state index contributed by atoms with van der Waals surface area (Å²) < 4.78 is 4.77. The maximum atomic E-state index is 14.2. The zero-order valence-corrected chi connectivity index (χ0v) is 25.0. The van der Waals surface area contributed by atoms with E-state index in [9.17, 15) is 19.5 Å². The van der Waals surface area contributed by atoms with Crippen molar-refractivity contribution in [1.29, 1.82) is 0 Å². The molecule has 3 saturated heterocycles. The van der Waals surface area contributed by atoms with E-state index in [1.807, 2.05) is 20.8 Å². The van der Waals surface area contributed by atoms with Crippen LogP contribution in [0.2, 0.25) is 0 Å². The Bertz CT molecular complexity index is 1030. The van der Waals surface area contributed by atoms with E-state index in [-0.39, 0.29) is 40.3 Å². The highest BCUT2D eigenvalue weighted by Crippen LogP contribution is 2.68. The monoisotopic (exact) mass is 609 g/mol. The molecule has 8 atom stereocenters. The van der Waals surface area contributed by atoms with E-state index >= 15 is 0 Å². The average molecular weight is 611 g/mol. The van der Waals surface area contributed by atoms with Crippen molar-refractivity contribution in [2.24, 2.45) is 17.8 Å². The fourth-order valence-corrected chi connectivity index (χ4v) is 9.95. The Kier molecular flexibility index (Phi) is 9.35. The number of nitrogens with zero attached hydrogens (tertiary/aromatic N) is 1. The van der Waals surface area contributed by atoms with Crippen LogP contribution in [0.1, 0.15) is 53.4 Å². The van der Waals surface area contributed by atoms with Crippen LogP contribution in [-0.2, 0) is 14.4 Å². The first-order valence-electron chi connectivity index (χ1n) is 13.8. The molecule has 1 spiro atoms. The van der Waals surface area contributed by atoms with E-state index in [2.05, 4.69) is 33.5 Å². The molecule has 3 unspecified atom stereocenters. The van der Waals surface area contributed by atoms with Gasteiger partial charge in [-0.25, -0.2) is 0 Å². The van der Waals surface area contributed by atoms with Gasteiger partial charge in [0.2, 0.25) is 17.7 Å². The van der Waals surface area contributed by atoms with Gasteiger partial charge in [-0.05, 0) is 49.9 Å². The SMILES string of the molecule is CCCCNC(=O)C1N([C@@H](CO)[C@@H](C)CC)C(=O)[C@@H]2[C@H](C(=O)Nc3ccc(OCC)cc3)[C@H]3SC12CC3Br. The van der Waals surface area contributed by atoms with Gasteiger partial charge in [-0.1, -0.05) is 49.5 Å². The molecule has 1 aromatic carbocycles. The molecule has 3 N–H and O–H groups in total. The van der Waals surface area contributed by atoms with Crippen molar-refractivity contribution in [3.63, 3.8) is 0 Å². The van der Waals surface area contributed by atoms with Crippen molar-refractivity contribution in [2.45, 2.75) is 80.3 Å². The number of halogens is 1. The number of fused-ring (bicyclic) bond motifs is 1. The van der Waals surface area contributed by atoms with Crippen molar-refractivity contribution in [3.8, 4) is 5.75 Å². The number of nitrogens with one attached hydrogen (secondary N) is 2. The molecule has 3 amide bonds. The molecule has 3 fully saturated rings. The van der Waals surface area contributed by atoms with Crippen LogP contribution in [0.15, 0.2) is 24.3 Å². The maximum Gasteiger partial charge on any atom is 0.244 e. The number of rotatable bonds is 12. The molecule has 0 aliphatic carbocycles. The summed E-state index contributed by atoms with van der Waals surface area (Å²) in [6.45, 7) is 8.86. The summed E-state index contributed by atoms with van der Waals surface area (Å²) in [6.07, 6.45) is 3.17. The van der Waals surface area contributed by atoms with Gasteiger partial charge in [-0.15, -0.1) is 11.8 Å². The molecular weight excluding hydrogens is 570 g/mol. The molecule has 8 nitrogen and oxygen atoms in total. The number of carbonyl (C=O) groups is 3. The fraction of sp³-hybridized carbons (Fsp3) is 0.679. The van der Waals surface area contributed by atoms with Crippen LogP contribution in [-0.4, -0.2) is 74.4 Å². The zero-order valence-electron chi connectivity index (χ0n) is 22.6. The van der Waals surface area contributed by atoms with Gasteiger partial charge in [0, 0.05) is 22.3 Å². The number of carbonyl (C=O) groups excluding carboxylic acids is 3. The summed E-state index contributed by atoms with van der Waals surface area (Å²) in [5.74, 6) is -1.09. The number of thioether (sulfide) groups is 1. The van der Waals surface area contributed by atoms with Crippen LogP contribution in [0, 0.1) is 17.8 Å². The first kappa shape index (κ1) is 29.2. The standard InChI is InChI=1S/C28H40BrN3O5S/c1-5-8-13-30-26(35)24-28-14-19(29)23(38-28)21(22(28)27(36)32(24)20(15-33)16(4)6-2)25(34)31-17-9-11-18(12-10-17)37-7-3/h9-12,16,19-24,33H,5-8,13-15H2,1-4H3,(H,30,35)(H,31,34)/t16-,19?,20-,21-,22-,23-,24?,28?/m0/s1. The molecule has 38 heavy (non-hydrogen) atoms.